The maximum Gasteiger partial charge on any atom is 0.166 e. The third-order valence-corrected chi connectivity index (χ3v) is 10.3. The van der Waals surface area contributed by atoms with Gasteiger partial charge in [-0.05, 0) is 24.3 Å². The number of thioether (sulfide) groups is 2. The zero-order chi connectivity index (χ0) is 27.7. The van der Waals surface area contributed by atoms with Crippen molar-refractivity contribution in [2.24, 2.45) is 5.41 Å². The molecule has 2 aliphatic rings. The van der Waals surface area contributed by atoms with Gasteiger partial charge in [0.05, 0.1) is 31.8 Å². The summed E-state index contributed by atoms with van der Waals surface area (Å²) in [5.74, 6) is 4.31. The van der Waals surface area contributed by atoms with Crippen molar-refractivity contribution < 1.29 is 18.9 Å². The minimum atomic E-state index is -0.116. The highest BCUT2D eigenvalue weighted by molar-refractivity contribution is 7.99. The van der Waals surface area contributed by atoms with Crippen LogP contribution in [0.2, 0.25) is 0 Å². The molecule has 0 radical (unpaired) electrons. The quantitative estimate of drug-likeness (QED) is 0.0936. The van der Waals surface area contributed by atoms with Crippen LogP contribution >= 0.6 is 23.5 Å². The lowest BCUT2D eigenvalue weighted by Gasteiger charge is -2.43. The monoisotopic (exact) mass is 588 g/mol. The van der Waals surface area contributed by atoms with Crippen LogP contribution in [-0.2, 0) is 18.9 Å². The average Bonchev–Trinajstić information content (AvgIpc) is 2.96. The first-order valence-electron chi connectivity index (χ1n) is 16.9. The zero-order valence-electron chi connectivity index (χ0n) is 25.9. The van der Waals surface area contributed by atoms with Crippen LogP contribution in [0.1, 0.15) is 142 Å². The van der Waals surface area contributed by atoms with Crippen LogP contribution in [0.15, 0.2) is 0 Å². The van der Waals surface area contributed by atoms with Crippen LogP contribution in [0.4, 0.5) is 0 Å². The van der Waals surface area contributed by atoms with Crippen molar-refractivity contribution >= 4 is 23.5 Å². The molecule has 0 saturated carbocycles. The molecule has 4 nitrogen and oxygen atoms in total. The van der Waals surface area contributed by atoms with E-state index in [1.807, 2.05) is 23.5 Å². The molecule has 0 unspecified atom stereocenters. The Morgan fingerprint density at radius 3 is 1.03 bits per heavy atom. The van der Waals surface area contributed by atoms with Crippen LogP contribution in [-0.4, -0.2) is 62.0 Å². The number of hydrogen-bond donors (Lipinski definition) is 0. The van der Waals surface area contributed by atoms with Gasteiger partial charge in [0, 0.05) is 11.5 Å². The lowest BCUT2D eigenvalue weighted by atomic mass is 9.91. The first-order chi connectivity index (χ1) is 19.3. The molecule has 2 fully saturated rings. The summed E-state index contributed by atoms with van der Waals surface area (Å²) in [4.78, 5) is 0. The summed E-state index contributed by atoms with van der Waals surface area (Å²) in [6.07, 6.45) is 27.8. The Morgan fingerprint density at radius 2 is 0.718 bits per heavy atom. The van der Waals surface area contributed by atoms with E-state index < -0.39 is 0 Å². The minimum Gasteiger partial charge on any atom is -0.351 e. The fourth-order valence-corrected chi connectivity index (χ4v) is 7.28. The second-order valence-corrected chi connectivity index (χ2v) is 14.4. The molecule has 1 spiro atoms. The Morgan fingerprint density at radius 1 is 0.436 bits per heavy atom. The van der Waals surface area contributed by atoms with Crippen LogP contribution < -0.4 is 0 Å². The molecule has 0 aromatic carbocycles. The summed E-state index contributed by atoms with van der Waals surface area (Å²) in [6, 6.07) is 0. The van der Waals surface area contributed by atoms with Gasteiger partial charge in [0.1, 0.15) is 0 Å². The highest BCUT2D eigenvalue weighted by Gasteiger charge is 2.41. The van der Waals surface area contributed by atoms with Crippen molar-refractivity contribution in [3.05, 3.63) is 0 Å². The molecule has 2 saturated heterocycles. The average molecular weight is 589 g/mol. The highest BCUT2D eigenvalue weighted by Crippen LogP contribution is 2.32. The van der Waals surface area contributed by atoms with E-state index in [-0.39, 0.29) is 18.0 Å². The molecule has 2 rings (SSSR count). The molecular formula is C33H64O4S2. The summed E-state index contributed by atoms with van der Waals surface area (Å²) in [7, 11) is 0. The fraction of sp³-hybridized carbons (Fsp3) is 1.00. The van der Waals surface area contributed by atoms with Gasteiger partial charge >= 0.3 is 0 Å². The van der Waals surface area contributed by atoms with E-state index >= 15 is 0 Å². The molecule has 232 valence electrons. The normalized spacial score (nSPS) is 23.5. The number of unbranched alkanes of at least 4 members (excludes halogenated alkanes) is 18. The van der Waals surface area contributed by atoms with Crippen molar-refractivity contribution in [3.8, 4) is 0 Å². The first-order valence-corrected chi connectivity index (χ1v) is 19.2. The molecule has 0 bridgehead atoms. The molecule has 0 amide bonds. The van der Waals surface area contributed by atoms with Crippen LogP contribution in [0.25, 0.3) is 0 Å². The molecule has 0 aliphatic carbocycles. The summed E-state index contributed by atoms with van der Waals surface area (Å²) >= 11 is 3.96. The van der Waals surface area contributed by atoms with Gasteiger partial charge in [0.25, 0.3) is 0 Å². The number of hydrogen-bond acceptors (Lipinski definition) is 6. The number of ether oxygens (including phenoxy) is 4. The third-order valence-electron chi connectivity index (χ3n) is 8.09. The summed E-state index contributed by atoms with van der Waals surface area (Å²) in [5, 5.41) is 0. The van der Waals surface area contributed by atoms with Crippen LogP contribution in [0.5, 0.6) is 0 Å². The Hall–Kier alpha value is 0.540. The van der Waals surface area contributed by atoms with E-state index in [4.69, 9.17) is 18.9 Å². The summed E-state index contributed by atoms with van der Waals surface area (Å²) in [6.45, 7) is 7.33. The van der Waals surface area contributed by atoms with E-state index in [1.54, 1.807) is 0 Å². The fourth-order valence-electron chi connectivity index (χ4n) is 5.36. The Bertz CT molecular complexity index is 470. The Labute approximate surface area is 251 Å². The second-order valence-electron chi connectivity index (χ2n) is 12.1. The largest absolute Gasteiger partial charge is 0.351 e. The van der Waals surface area contributed by atoms with E-state index in [0.29, 0.717) is 26.4 Å². The van der Waals surface area contributed by atoms with Crippen molar-refractivity contribution in [1.29, 1.82) is 0 Å². The molecule has 0 N–H and O–H groups in total. The zero-order valence-corrected chi connectivity index (χ0v) is 27.5. The molecular weight excluding hydrogens is 524 g/mol. The molecule has 2 heterocycles. The maximum atomic E-state index is 6.08. The van der Waals surface area contributed by atoms with E-state index in [1.165, 1.54) is 140 Å². The van der Waals surface area contributed by atoms with Gasteiger partial charge in [-0.1, -0.05) is 129 Å². The Balaban J connectivity index is 1.34. The molecule has 39 heavy (non-hydrogen) atoms. The smallest absolute Gasteiger partial charge is 0.166 e. The van der Waals surface area contributed by atoms with Gasteiger partial charge in [0.2, 0.25) is 0 Å². The summed E-state index contributed by atoms with van der Waals surface area (Å²) in [5.41, 5.74) is -0.116. The van der Waals surface area contributed by atoms with Gasteiger partial charge < -0.3 is 18.9 Å². The topological polar surface area (TPSA) is 36.9 Å². The lowest BCUT2D eigenvalue weighted by Crippen LogP contribution is -2.53. The molecule has 0 atom stereocenters. The highest BCUT2D eigenvalue weighted by atomic mass is 32.2. The maximum absolute atomic E-state index is 6.08. The van der Waals surface area contributed by atoms with Gasteiger partial charge in [0.15, 0.2) is 12.6 Å². The van der Waals surface area contributed by atoms with Gasteiger partial charge in [-0.25, -0.2) is 0 Å². The van der Waals surface area contributed by atoms with Gasteiger partial charge in [-0.15, -0.1) is 0 Å². The standard InChI is InChI=1S/C33H64O4S2/c1-3-5-7-9-11-13-15-17-19-21-23-38-25-31-34-27-33(28-35-31)29-36-32(37-30-33)26-39-24-22-20-18-16-14-12-10-8-6-4-2/h31-32H,3-30H2,1-2H3. The predicted octanol–water partition coefficient (Wildman–Crippen LogP) is 10.0. The SMILES string of the molecule is CCCCCCCCCCCCSCC1OCC2(CO1)COC(CSCCCCCCCCCCCC)OC2. The molecule has 6 heteroatoms. The van der Waals surface area contributed by atoms with Crippen LogP contribution in [0.3, 0.4) is 0 Å². The second kappa shape index (κ2) is 25.1. The van der Waals surface area contributed by atoms with Gasteiger partial charge in [-0.2, -0.15) is 23.5 Å². The van der Waals surface area contributed by atoms with E-state index in [0.717, 1.165) is 11.5 Å². The number of rotatable bonds is 26. The van der Waals surface area contributed by atoms with Crippen molar-refractivity contribution in [2.45, 2.75) is 155 Å². The predicted molar refractivity (Wildman–Crippen MR) is 172 cm³/mol. The van der Waals surface area contributed by atoms with Crippen molar-refractivity contribution in [2.75, 3.05) is 49.4 Å². The van der Waals surface area contributed by atoms with Crippen molar-refractivity contribution in [3.63, 3.8) is 0 Å². The van der Waals surface area contributed by atoms with Crippen LogP contribution in [0, 0.1) is 5.41 Å². The summed E-state index contributed by atoms with van der Waals surface area (Å²) < 4.78 is 24.3. The molecule has 2 aliphatic heterocycles. The minimum absolute atomic E-state index is 0.0712. The van der Waals surface area contributed by atoms with E-state index in [2.05, 4.69) is 13.8 Å². The Kier molecular flexibility index (Phi) is 23.0. The van der Waals surface area contributed by atoms with Crippen molar-refractivity contribution in [1.82, 2.24) is 0 Å². The molecule has 0 aromatic rings. The van der Waals surface area contributed by atoms with Gasteiger partial charge in [-0.3, -0.25) is 0 Å². The molecule has 0 aromatic heterocycles. The first kappa shape index (κ1) is 35.7. The van der Waals surface area contributed by atoms with E-state index in [9.17, 15) is 0 Å². The third kappa shape index (κ3) is 18.6. The lowest BCUT2D eigenvalue weighted by molar-refractivity contribution is -0.292.